The van der Waals surface area contributed by atoms with Crippen molar-refractivity contribution >= 4 is 34.0 Å². The van der Waals surface area contributed by atoms with Gasteiger partial charge in [-0.25, -0.2) is 9.37 Å². The molecule has 0 saturated carbocycles. The summed E-state index contributed by atoms with van der Waals surface area (Å²) in [5, 5.41) is 17.1. The van der Waals surface area contributed by atoms with Crippen molar-refractivity contribution in [1.29, 1.82) is 5.26 Å². The van der Waals surface area contributed by atoms with Gasteiger partial charge in [-0.3, -0.25) is 9.59 Å². The second kappa shape index (κ2) is 10.7. The number of anilines is 1. The van der Waals surface area contributed by atoms with Gasteiger partial charge in [-0.15, -0.1) is 0 Å². The van der Waals surface area contributed by atoms with E-state index in [1.165, 1.54) is 52.3 Å². The summed E-state index contributed by atoms with van der Waals surface area (Å²) in [5.41, 5.74) is 1.14. The van der Waals surface area contributed by atoms with Crippen LogP contribution in [-0.2, 0) is 17.8 Å². The van der Waals surface area contributed by atoms with Crippen LogP contribution in [0.3, 0.4) is 0 Å². The van der Waals surface area contributed by atoms with Crippen LogP contribution in [0.15, 0.2) is 65.0 Å². The predicted octanol–water partition coefficient (Wildman–Crippen LogP) is 4.37. The normalized spacial score (nSPS) is 11.3. The van der Waals surface area contributed by atoms with Gasteiger partial charge >= 0.3 is 0 Å². The van der Waals surface area contributed by atoms with Crippen LogP contribution >= 0.6 is 11.3 Å². The summed E-state index contributed by atoms with van der Waals surface area (Å²) in [5.74, 6) is -0.485. The molecule has 8 nitrogen and oxygen atoms in total. The van der Waals surface area contributed by atoms with Crippen LogP contribution < -0.4 is 15.6 Å². The van der Waals surface area contributed by atoms with Gasteiger partial charge in [0.1, 0.15) is 34.8 Å². The van der Waals surface area contributed by atoms with E-state index >= 15 is 0 Å². The molecule has 2 aromatic carbocycles. The summed E-state index contributed by atoms with van der Waals surface area (Å²) in [6.07, 6.45) is 3.17. The first kappa shape index (κ1) is 23.8. The molecule has 176 valence electrons. The van der Waals surface area contributed by atoms with E-state index < -0.39 is 11.7 Å². The molecule has 0 unspecified atom stereocenters. The number of nitrogens with one attached hydrogen (secondary N) is 1. The minimum atomic E-state index is -0.600. The highest BCUT2D eigenvalue weighted by Crippen LogP contribution is 2.18. The third kappa shape index (κ3) is 5.96. The summed E-state index contributed by atoms with van der Waals surface area (Å²) in [4.78, 5) is 29.7. The van der Waals surface area contributed by atoms with Crippen LogP contribution in [0.2, 0.25) is 0 Å². The second-order valence-corrected chi connectivity index (χ2v) is 8.55. The van der Waals surface area contributed by atoms with Crippen LogP contribution in [0.25, 0.3) is 11.0 Å². The molecule has 0 fully saturated rings. The molecule has 0 radical (unpaired) electrons. The Hall–Kier alpha value is -4.36. The van der Waals surface area contributed by atoms with E-state index in [1.807, 2.05) is 13.0 Å². The lowest BCUT2D eigenvalue weighted by Gasteiger charge is -2.06. The summed E-state index contributed by atoms with van der Waals surface area (Å²) >= 11 is 1.39. The van der Waals surface area contributed by atoms with Gasteiger partial charge < -0.3 is 10.1 Å². The number of fused-ring (bicyclic) bond motifs is 1. The van der Waals surface area contributed by atoms with Gasteiger partial charge in [0.25, 0.3) is 11.5 Å². The van der Waals surface area contributed by atoms with Gasteiger partial charge in [-0.1, -0.05) is 30.4 Å². The average molecular weight is 490 g/mol. The summed E-state index contributed by atoms with van der Waals surface area (Å²) in [6, 6.07) is 15.3. The molecule has 4 aromatic rings. The van der Waals surface area contributed by atoms with Crippen molar-refractivity contribution in [3.63, 3.8) is 0 Å². The number of ether oxygens (including phenoxy) is 1. The molecule has 0 aliphatic rings. The van der Waals surface area contributed by atoms with E-state index in [9.17, 15) is 19.2 Å². The highest BCUT2D eigenvalue weighted by atomic mass is 32.1. The van der Waals surface area contributed by atoms with Crippen LogP contribution in [-0.4, -0.2) is 20.5 Å². The highest BCUT2D eigenvalue weighted by molar-refractivity contribution is 7.16. The zero-order valence-electron chi connectivity index (χ0n) is 18.7. The lowest BCUT2D eigenvalue weighted by atomic mass is 10.1. The number of aryl methyl sites for hydroxylation is 1. The number of carbonyl (C=O) groups excluding carboxylic acids is 1. The summed E-state index contributed by atoms with van der Waals surface area (Å²) < 4.78 is 20.1. The minimum absolute atomic E-state index is 0.103. The zero-order valence-corrected chi connectivity index (χ0v) is 19.5. The molecule has 0 atom stereocenters. The van der Waals surface area contributed by atoms with Crippen molar-refractivity contribution in [1.82, 2.24) is 14.6 Å². The lowest BCUT2D eigenvalue weighted by molar-refractivity contribution is -0.112. The fourth-order valence-corrected chi connectivity index (χ4v) is 4.17. The average Bonchev–Trinajstić information content (AvgIpc) is 3.27. The number of nitriles is 1. The van der Waals surface area contributed by atoms with E-state index in [-0.39, 0.29) is 17.7 Å². The fourth-order valence-electron chi connectivity index (χ4n) is 3.15. The maximum atomic E-state index is 13.0. The molecule has 0 bridgehead atoms. The van der Waals surface area contributed by atoms with Gasteiger partial charge in [-0.05, 0) is 54.5 Å². The predicted molar refractivity (Wildman–Crippen MR) is 131 cm³/mol. The Bertz CT molecular complexity index is 1490. The van der Waals surface area contributed by atoms with Crippen molar-refractivity contribution in [2.75, 3.05) is 5.32 Å². The Kier molecular flexibility index (Phi) is 7.28. The van der Waals surface area contributed by atoms with Gasteiger partial charge in [0.2, 0.25) is 4.96 Å². The summed E-state index contributed by atoms with van der Waals surface area (Å²) in [6.45, 7) is 2.15. The van der Waals surface area contributed by atoms with Crippen molar-refractivity contribution in [3.05, 3.63) is 92.6 Å². The standard InChI is InChI=1S/C25H20FN5O3S/c1-2-3-22-30-31-23(32)13-20(29-25(31)35-22)15-34-21-10-4-16(5-11-21)12-17(14-27)24(33)28-19-8-6-18(26)7-9-19/h4-13H,2-3,15H2,1H3,(H,28,33)/b17-12+. The van der Waals surface area contributed by atoms with Crippen molar-refractivity contribution in [2.45, 2.75) is 26.4 Å². The van der Waals surface area contributed by atoms with Gasteiger partial charge in [-0.2, -0.15) is 14.9 Å². The maximum absolute atomic E-state index is 13.0. The first-order chi connectivity index (χ1) is 16.9. The first-order valence-corrected chi connectivity index (χ1v) is 11.6. The lowest BCUT2D eigenvalue weighted by Crippen LogP contribution is -2.16. The third-order valence-corrected chi connectivity index (χ3v) is 5.82. The Labute approximate surface area is 203 Å². The maximum Gasteiger partial charge on any atom is 0.275 e. The van der Waals surface area contributed by atoms with Crippen LogP contribution in [0.5, 0.6) is 5.75 Å². The van der Waals surface area contributed by atoms with Gasteiger partial charge in [0, 0.05) is 18.2 Å². The number of benzene rings is 2. The van der Waals surface area contributed by atoms with Crippen LogP contribution in [0.1, 0.15) is 29.6 Å². The Balaban J connectivity index is 1.41. The molecule has 4 rings (SSSR count). The third-order valence-electron chi connectivity index (χ3n) is 4.85. The number of carbonyl (C=O) groups is 1. The molecular formula is C25H20FN5O3S. The van der Waals surface area contributed by atoms with E-state index in [1.54, 1.807) is 24.3 Å². The van der Waals surface area contributed by atoms with E-state index in [4.69, 9.17) is 4.74 Å². The number of nitrogens with zero attached hydrogens (tertiary/aromatic N) is 4. The fraction of sp³-hybridized carbons (Fsp3) is 0.160. The molecule has 0 aliphatic carbocycles. The van der Waals surface area contributed by atoms with E-state index in [2.05, 4.69) is 15.4 Å². The molecule has 0 saturated heterocycles. The van der Waals surface area contributed by atoms with Crippen molar-refractivity contribution in [2.24, 2.45) is 0 Å². The van der Waals surface area contributed by atoms with Crippen molar-refractivity contribution < 1.29 is 13.9 Å². The van der Waals surface area contributed by atoms with Crippen molar-refractivity contribution in [3.8, 4) is 11.8 Å². The Morgan fingerprint density at radius 1 is 1.23 bits per heavy atom. The molecule has 10 heteroatoms. The second-order valence-electron chi connectivity index (χ2n) is 7.51. The van der Waals surface area contributed by atoms with Gasteiger partial charge in [0.05, 0.1) is 5.69 Å². The minimum Gasteiger partial charge on any atom is -0.487 e. The number of hydrogen-bond acceptors (Lipinski definition) is 7. The molecular weight excluding hydrogens is 469 g/mol. The zero-order chi connectivity index (χ0) is 24.8. The smallest absolute Gasteiger partial charge is 0.275 e. The molecule has 1 amide bonds. The molecule has 2 aromatic heterocycles. The number of rotatable bonds is 8. The molecule has 0 spiro atoms. The number of hydrogen-bond donors (Lipinski definition) is 1. The molecule has 0 aliphatic heterocycles. The van der Waals surface area contributed by atoms with Gasteiger partial charge in [0.15, 0.2) is 0 Å². The largest absolute Gasteiger partial charge is 0.487 e. The summed E-state index contributed by atoms with van der Waals surface area (Å²) in [7, 11) is 0. The Morgan fingerprint density at radius 3 is 2.66 bits per heavy atom. The first-order valence-electron chi connectivity index (χ1n) is 10.8. The number of amides is 1. The number of halogens is 1. The SMILES string of the molecule is CCCc1nn2c(=O)cc(COc3ccc(/C=C(\C#N)C(=O)Nc4ccc(F)cc4)cc3)nc2s1. The molecule has 35 heavy (non-hydrogen) atoms. The van der Waals surface area contributed by atoms with E-state index in [0.29, 0.717) is 27.7 Å². The number of aromatic nitrogens is 3. The topological polar surface area (TPSA) is 109 Å². The van der Waals surface area contributed by atoms with Crippen LogP contribution in [0, 0.1) is 17.1 Å². The molecule has 2 heterocycles. The van der Waals surface area contributed by atoms with E-state index in [0.717, 1.165) is 17.8 Å². The Morgan fingerprint density at radius 2 is 1.97 bits per heavy atom. The van der Waals surface area contributed by atoms with Crippen LogP contribution in [0.4, 0.5) is 10.1 Å². The highest BCUT2D eigenvalue weighted by Gasteiger charge is 2.11. The quantitative estimate of drug-likeness (QED) is 0.291. The molecule has 1 N–H and O–H groups in total. The monoisotopic (exact) mass is 489 g/mol.